The molecule has 180 valence electrons. The maximum Gasteiger partial charge on any atom is 0.220 e. The van der Waals surface area contributed by atoms with Gasteiger partial charge in [0.15, 0.2) is 0 Å². The highest BCUT2D eigenvalue weighted by Gasteiger charge is 2.26. The number of unbranched alkanes of at least 4 members (excludes halogenated alkanes) is 4. The van der Waals surface area contributed by atoms with Gasteiger partial charge in [0.05, 0.1) is 39.4 Å². The molecular formula is C24H46N3O4+. The number of nitrogens with one attached hydrogen (secondary N) is 2. The van der Waals surface area contributed by atoms with Gasteiger partial charge in [0.25, 0.3) is 0 Å². The zero-order valence-electron chi connectivity index (χ0n) is 19.8. The number of aliphatic hydroxyl groups excluding tert-OH is 2. The molecule has 31 heavy (non-hydrogen) atoms. The molecular weight excluding hydrogens is 394 g/mol. The number of allylic oxidation sites excluding steroid dienone is 4. The topological polar surface area (TPSA) is 98.7 Å². The zero-order valence-corrected chi connectivity index (χ0v) is 19.8. The molecule has 2 amide bonds. The number of nitrogens with zero attached hydrogens (tertiary/aromatic N) is 1. The Hall–Kier alpha value is -1.70. The Morgan fingerprint density at radius 1 is 0.710 bits per heavy atom. The minimum Gasteiger partial charge on any atom is -0.391 e. The van der Waals surface area contributed by atoms with Crippen molar-refractivity contribution in [1.29, 1.82) is 0 Å². The molecule has 0 saturated heterocycles. The molecule has 0 aliphatic heterocycles. The lowest BCUT2D eigenvalue weighted by Gasteiger charge is -2.38. The van der Waals surface area contributed by atoms with Crippen molar-refractivity contribution in [3.63, 3.8) is 0 Å². The summed E-state index contributed by atoms with van der Waals surface area (Å²) in [6.07, 6.45) is 15.0. The molecule has 0 aliphatic rings. The quantitative estimate of drug-likeness (QED) is 0.133. The Morgan fingerprint density at radius 2 is 1.13 bits per heavy atom. The average molecular weight is 441 g/mol. The van der Waals surface area contributed by atoms with E-state index in [1.54, 1.807) is 0 Å². The predicted octanol–water partition coefficient (Wildman–Crippen LogP) is 2.29. The standard InChI is InChI=1S/C24H45N3O4/c1-3-5-7-9-11-13-23(30)25-15-17-27(19-21-28,20-22-29)18-16-26-24(31)14-12-10-8-6-4-2/h3-6,28-29H,7-22H2,1-2H3,(H-,25,26,30,31)/p+1/b5-3+,6-4+. The summed E-state index contributed by atoms with van der Waals surface area (Å²) >= 11 is 0. The van der Waals surface area contributed by atoms with Crippen molar-refractivity contribution in [2.45, 2.75) is 65.2 Å². The van der Waals surface area contributed by atoms with Gasteiger partial charge in [0, 0.05) is 12.8 Å². The fourth-order valence-electron chi connectivity index (χ4n) is 3.57. The summed E-state index contributed by atoms with van der Waals surface area (Å²) in [4.78, 5) is 24.1. The third kappa shape index (κ3) is 16.6. The molecule has 0 rings (SSSR count). The van der Waals surface area contributed by atoms with E-state index in [0.717, 1.165) is 38.5 Å². The molecule has 7 nitrogen and oxygen atoms in total. The second kappa shape index (κ2) is 20.2. The number of aliphatic hydroxyl groups is 2. The molecule has 0 aromatic rings. The Bertz CT molecular complexity index is 475. The molecule has 0 fully saturated rings. The molecule has 0 bridgehead atoms. The molecule has 0 aliphatic carbocycles. The van der Waals surface area contributed by atoms with E-state index in [-0.39, 0.29) is 25.0 Å². The third-order valence-electron chi connectivity index (χ3n) is 5.49. The minimum atomic E-state index is -0.00220. The van der Waals surface area contributed by atoms with Crippen LogP contribution in [0.15, 0.2) is 24.3 Å². The van der Waals surface area contributed by atoms with Crippen molar-refractivity contribution < 1.29 is 24.3 Å². The van der Waals surface area contributed by atoms with Crippen molar-refractivity contribution in [2.75, 3.05) is 52.5 Å². The van der Waals surface area contributed by atoms with Crippen LogP contribution in [0.1, 0.15) is 65.2 Å². The largest absolute Gasteiger partial charge is 0.391 e. The first kappa shape index (κ1) is 29.3. The highest BCUT2D eigenvalue weighted by molar-refractivity contribution is 5.76. The van der Waals surface area contributed by atoms with E-state index in [0.29, 0.717) is 56.6 Å². The van der Waals surface area contributed by atoms with E-state index in [4.69, 9.17) is 0 Å². The Balaban J connectivity index is 4.35. The number of carbonyl (C=O) groups is 2. The molecule has 0 spiro atoms. The smallest absolute Gasteiger partial charge is 0.220 e. The second-order valence-corrected chi connectivity index (χ2v) is 8.01. The lowest BCUT2D eigenvalue weighted by atomic mass is 10.2. The predicted molar refractivity (Wildman–Crippen MR) is 126 cm³/mol. The maximum absolute atomic E-state index is 12.1. The van der Waals surface area contributed by atoms with E-state index in [2.05, 4.69) is 22.8 Å². The van der Waals surface area contributed by atoms with Crippen molar-refractivity contribution in [2.24, 2.45) is 0 Å². The molecule has 4 N–H and O–H groups in total. The lowest BCUT2D eigenvalue weighted by molar-refractivity contribution is -0.926. The van der Waals surface area contributed by atoms with Crippen LogP contribution in [0.2, 0.25) is 0 Å². The second-order valence-electron chi connectivity index (χ2n) is 8.01. The average Bonchev–Trinajstić information content (AvgIpc) is 2.74. The van der Waals surface area contributed by atoms with E-state index < -0.39 is 0 Å². The number of rotatable bonds is 20. The van der Waals surface area contributed by atoms with Crippen LogP contribution >= 0.6 is 0 Å². The van der Waals surface area contributed by atoms with Gasteiger partial charge in [-0.2, -0.15) is 0 Å². The first-order valence-corrected chi connectivity index (χ1v) is 11.9. The van der Waals surface area contributed by atoms with Crippen molar-refractivity contribution >= 4 is 11.8 Å². The number of carbonyl (C=O) groups excluding carboxylic acids is 2. The fourth-order valence-corrected chi connectivity index (χ4v) is 3.57. The first-order chi connectivity index (χ1) is 15.0. The van der Waals surface area contributed by atoms with Gasteiger partial charge in [-0.15, -0.1) is 0 Å². The zero-order chi connectivity index (χ0) is 23.2. The van der Waals surface area contributed by atoms with Gasteiger partial charge in [-0.05, 0) is 52.4 Å². The van der Waals surface area contributed by atoms with Gasteiger partial charge in [0.2, 0.25) is 11.8 Å². The van der Waals surface area contributed by atoms with Crippen LogP contribution in [0, 0.1) is 0 Å². The van der Waals surface area contributed by atoms with Crippen molar-refractivity contribution in [3.05, 3.63) is 24.3 Å². The summed E-state index contributed by atoms with van der Waals surface area (Å²) in [5, 5.41) is 25.0. The molecule has 0 unspecified atom stereocenters. The highest BCUT2D eigenvalue weighted by Crippen LogP contribution is 2.06. The van der Waals surface area contributed by atoms with E-state index >= 15 is 0 Å². The van der Waals surface area contributed by atoms with Gasteiger partial charge in [-0.1, -0.05) is 24.3 Å². The molecule has 0 radical (unpaired) electrons. The summed E-state index contributed by atoms with van der Waals surface area (Å²) in [6.45, 7) is 7.17. The van der Waals surface area contributed by atoms with Crippen molar-refractivity contribution in [1.82, 2.24) is 10.6 Å². The van der Waals surface area contributed by atoms with Crippen LogP contribution in [0.3, 0.4) is 0 Å². The minimum absolute atomic E-state index is 0.00220. The summed E-state index contributed by atoms with van der Waals surface area (Å²) in [5.74, 6) is 0.0793. The van der Waals surface area contributed by atoms with Gasteiger partial charge < -0.3 is 25.3 Å². The normalized spacial score (nSPS) is 12.0. The van der Waals surface area contributed by atoms with Gasteiger partial charge in [-0.25, -0.2) is 0 Å². The van der Waals surface area contributed by atoms with Gasteiger partial charge in [-0.3, -0.25) is 9.59 Å². The molecule has 0 atom stereocenters. The Kier molecular flexibility index (Phi) is 19.1. The number of quaternary nitrogens is 1. The Morgan fingerprint density at radius 3 is 1.48 bits per heavy atom. The summed E-state index contributed by atoms with van der Waals surface area (Å²) < 4.78 is 0.468. The maximum atomic E-state index is 12.1. The number of amides is 2. The van der Waals surface area contributed by atoms with Crippen LogP contribution in [0.4, 0.5) is 0 Å². The van der Waals surface area contributed by atoms with E-state index in [1.807, 2.05) is 26.0 Å². The van der Waals surface area contributed by atoms with Crippen LogP contribution < -0.4 is 10.6 Å². The van der Waals surface area contributed by atoms with Crippen LogP contribution in [-0.4, -0.2) is 79.0 Å². The third-order valence-corrected chi connectivity index (χ3v) is 5.49. The summed E-state index contributed by atoms with van der Waals surface area (Å²) in [7, 11) is 0. The van der Waals surface area contributed by atoms with Gasteiger partial charge in [0.1, 0.15) is 13.1 Å². The fraction of sp³-hybridized carbons (Fsp3) is 0.750. The van der Waals surface area contributed by atoms with E-state index in [1.165, 1.54) is 0 Å². The Labute approximate surface area is 189 Å². The van der Waals surface area contributed by atoms with Crippen LogP contribution in [0.25, 0.3) is 0 Å². The summed E-state index contributed by atoms with van der Waals surface area (Å²) in [5.41, 5.74) is 0. The van der Waals surface area contributed by atoms with Gasteiger partial charge >= 0.3 is 0 Å². The molecule has 0 aromatic carbocycles. The number of hydrogen-bond donors (Lipinski definition) is 4. The lowest BCUT2D eigenvalue weighted by Crippen LogP contribution is -2.57. The molecule has 0 heterocycles. The highest BCUT2D eigenvalue weighted by atomic mass is 16.3. The van der Waals surface area contributed by atoms with Crippen LogP contribution in [-0.2, 0) is 9.59 Å². The monoisotopic (exact) mass is 440 g/mol. The van der Waals surface area contributed by atoms with Crippen molar-refractivity contribution in [3.8, 4) is 0 Å². The molecule has 0 aromatic heterocycles. The molecule has 7 heteroatoms. The van der Waals surface area contributed by atoms with E-state index in [9.17, 15) is 19.8 Å². The first-order valence-electron chi connectivity index (χ1n) is 11.9. The molecule has 0 saturated carbocycles. The SMILES string of the molecule is C/C=C/CCCCC(=O)NCC[N+](CCO)(CCO)CCNC(=O)CCCC/C=C/C. The summed E-state index contributed by atoms with van der Waals surface area (Å²) in [6, 6.07) is 0. The van der Waals surface area contributed by atoms with Crippen LogP contribution in [0.5, 0.6) is 0 Å². The number of hydrogen-bond acceptors (Lipinski definition) is 4.